The molecule has 1 saturated carbocycles. The van der Waals surface area contributed by atoms with Gasteiger partial charge < -0.3 is 10.1 Å². The summed E-state index contributed by atoms with van der Waals surface area (Å²) >= 11 is 6.09. The lowest BCUT2D eigenvalue weighted by Crippen LogP contribution is -2.28. The third-order valence-corrected chi connectivity index (χ3v) is 4.09. The lowest BCUT2D eigenvalue weighted by molar-refractivity contribution is 0.294. The molecule has 0 unspecified atom stereocenters. The average Bonchev–Trinajstić information content (AvgIpc) is 2.43. The normalized spacial score (nSPS) is 16.5. The topological polar surface area (TPSA) is 21.3 Å². The fourth-order valence-corrected chi connectivity index (χ4v) is 2.82. The Morgan fingerprint density at radius 1 is 1.26 bits per heavy atom. The first-order valence-corrected chi connectivity index (χ1v) is 7.73. The molecule has 0 radical (unpaired) electrons. The summed E-state index contributed by atoms with van der Waals surface area (Å²) in [6, 6.07) is 5.88. The number of ether oxygens (including phenoxy) is 1. The van der Waals surface area contributed by atoms with E-state index in [1.54, 1.807) is 0 Å². The van der Waals surface area contributed by atoms with E-state index in [9.17, 15) is 0 Å². The summed E-state index contributed by atoms with van der Waals surface area (Å²) in [4.78, 5) is 0. The number of nitrogens with one attached hydrogen (secondary N) is 1. The second-order valence-corrected chi connectivity index (χ2v) is 5.90. The van der Waals surface area contributed by atoms with Gasteiger partial charge in [0.2, 0.25) is 0 Å². The first-order valence-electron chi connectivity index (χ1n) is 7.35. The SMILES string of the molecule is Cc1ccc(Cl)c(OCCNCC2CCCCC2)c1. The highest BCUT2D eigenvalue weighted by Gasteiger charge is 2.12. The van der Waals surface area contributed by atoms with Gasteiger partial charge in [-0.2, -0.15) is 0 Å². The number of benzene rings is 1. The van der Waals surface area contributed by atoms with Crippen molar-refractivity contribution in [2.75, 3.05) is 19.7 Å². The molecule has 1 fully saturated rings. The molecule has 1 N–H and O–H groups in total. The van der Waals surface area contributed by atoms with Crippen LogP contribution < -0.4 is 10.1 Å². The number of hydrogen-bond acceptors (Lipinski definition) is 2. The Labute approximate surface area is 121 Å². The summed E-state index contributed by atoms with van der Waals surface area (Å²) in [6.07, 6.45) is 7.00. The molecule has 0 bridgehead atoms. The predicted octanol–water partition coefficient (Wildman–Crippen LogP) is 4.20. The van der Waals surface area contributed by atoms with E-state index in [4.69, 9.17) is 16.3 Å². The number of rotatable bonds is 6. The highest BCUT2D eigenvalue weighted by atomic mass is 35.5. The van der Waals surface area contributed by atoms with E-state index in [2.05, 4.69) is 5.32 Å². The van der Waals surface area contributed by atoms with Crippen LogP contribution in [-0.2, 0) is 0 Å². The van der Waals surface area contributed by atoms with Gasteiger partial charge in [-0.05, 0) is 49.9 Å². The van der Waals surface area contributed by atoms with Crippen molar-refractivity contribution in [3.63, 3.8) is 0 Å². The Hall–Kier alpha value is -0.730. The second-order valence-electron chi connectivity index (χ2n) is 5.49. The van der Waals surface area contributed by atoms with Crippen molar-refractivity contribution in [1.29, 1.82) is 0 Å². The molecule has 0 spiro atoms. The molecule has 2 rings (SSSR count). The molecule has 0 atom stereocenters. The van der Waals surface area contributed by atoms with Gasteiger partial charge in [-0.25, -0.2) is 0 Å². The average molecular weight is 282 g/mol. The molecule has 1 aliphatic carbocycles. The fraction of sp³-hybridized carbons (Fsp3) is 0.625. The van der Waals surface area contributed by atoms with Crippen molar-refractivity contribution < 1.29 is 4.74 Å². The maximum atomic E-state index is 6.09. The van der Waals surface area contributed by atoms with Gasteiger partial charge in [0, 0.05) is 6.54 Å². The first kappa shape index (κ1) is 14.7. The van der Waals surface area contributed by atoms with Crippen molar-refractivity contribution in [2.45, 2.75) is 39.0 Å². The van der Waals surface area contributed by atoms with Gasteiger partial charge in [0.05, 0.1) is 5.02 Å². The Balaban J connectivity index is 1.62. The molecule has 106 valence electrons. The first-order chi connectivity index (χ1) is 9.25. The van der Waals surface area contributed by atoms with E-state index in [0.29, 0.717) is 11.6 Å². The molecule has 0 heterocycles. The molecular formula is C16H24ClNO. The Morgan fingerprint density at radius 2 is 2.05 bits per heavy atom. The molecule has 1 aliphatic rings. The molecule has 0 aromatic heterocycles. The molecule has 3 heteroatoms. The summed E-state index contributed by atoms with van der Waals surface area (Å²) in [5, 5.41) is 4.18. The molecule has 19 heavy (non-hydrogen) atoms. The monoisotopic (exact) mass is 281 g/mol. The Morgan fingerprint density at radius 3 is 2.84 bits per heavy atom. The zero-order valence-electron chi connectivity index (χ0n) is 11.8. The van der Waals surface area contributed by atoms with Gasteiger partial charge in [-0.1, -0.05) is 36.9 Å². The lowest BCUT2D eigenvalue weighted by Gasteiger charge is -2.21. The van der Waals surface area contributed by atoms with Crippen LogP contribution >= 0.6 is 11.6 Å². The maximum absolute atomic E-state index is 6.09. The molecular weight excluding hydrogens is 258 g/mol. The van der Waals surface area contributed by atoms with E-state index < -0.39 is 0 Å². The van der Waals surface area contributed by atoms with Crippen molar-refractivity contribution >= 4 is 11.6 Å². The summed E-state index contributed by atoms with van der Waals surface area (Å²) < 4.78 is 5.71. The third-order valence-electron chi connectivity index (χ3n) is 3.78. The van der Waals surface area contributed by atoms with Crippen LogP contribution in [0, 0.1) is 12.8 Å². The van der Waals surface area contributed by atoms with Gasteiger partial charge in [0.1, 0.15) is 12.4 Å². The predicted molar refractivity (Wildman–Crippen MR) is 81.1 cm³/mol. The van der Waals surface area contributed by atoms with Crippen LogP contribution in [0.15, 0.2) is 18.2 Å². The second kappa shape index (κ2) is 7.76. The van der Waals surface area contributed by atoms with Crippen LogP contribution in [0.5, 0.6) is 5.75 Å². The maximum Gasteiger partial charge on any atom is 0.138 e. The van der Waals surface area contributed by atoms with E-state index in [0.717, 1.165) is 24.8 Å². The quantitative estimate of drug-likeness (QED) is 0.789. The van der Waals surface area contributed by atoms with E-state index in [-0.39, 0.29) is 0 Å². The molecule has 1 aromatic rings. The smallest absolute Gasteiger partial charge is 0.138 e. The summed E-state index contributed by atoms with van der Waals surface area (Å²) in [5.74, 6) is 1.66. The number of halogens is 1. The van der Waals surface area contributed by atoms with E-state index >= 15 is 0 Å². The number of hydrogen-bond donors (Lipinski definition) is 1. The molecule has 0 amide bonds. The summed E-state index contributed by atoms with van der Waals surface area (Å²) in [5.41, 5.74) is 1.18. The highest BCUT2D eigenvalue weighted by molar-refractivity contribution is 6.32. The van der Waals surface area contributed by atoms with E-state index in [1.165, 1.54) is 37.7 Å². The van der Waals surface area contributed by atoms with Crippen LogP contribution in [0.25, 0.3) is 0 Å². The van der Waals surface area contributed by atoms with Crippen LogP contribution in [0.1, 0.15) is 37.7 Å². The molecule has 1 aromatic carbocycles. The van der Waals surface area contributed by atoms with Crippen LogP contribution in [-0.4, -0.2) is 19.7 Å². The lowest BCUT2D eigenvalue weighted by atomic mass is 9.89. The highest BCUT2D eigenvalue weighted by Crippen LogP contribution is 2.25. The molecule has 2 nitrogen and oxygen atoms in total. The molecule has 0 saturated heterocycles. The minimum Gasteiger partial charge on any atom is -0.491 e. The largest absolute Gasteiger partial charge is 0.491 e. The number of aryl methyl sites for hydroxylation is 1. The van der Waals surface area contributed by atoms with E-state index in [1.807, 2.05) is 25.1 Å². The molecule has 0 aliphatic heterocycles. The van der Waals surface area contributed by atoms with Crippen molar-refractivity contribution in [1.82, 2.24) is 5.32 Å². The van der Waals surface area contributed by atoms with Gasteiger partial charge in [-0.15, -0.1) is 0 Å². The van der Waals surface area contributed by atoms with Crippen molar-refractivity contribution in [3.05, 3.63) is 28.8 Å². The van der Waals surface area contributed by atoms with Crippen LogP contribution in [0.3, 0.4) is 0 Å². The van der Waals surface area contributed by atoms with Gasteiger partial charge in [0.15, 0.2) is 0 Å². The zero-order valence-corrected chi connectivity index (χ0v) is 12.5. The summed E-state index contributed by atoms with van der Waals surface area (Å²) in [6.45, 7) is 4.74. The van der Waals surface area contributed by atoms with Crippen LogP contribution in [0.4, 0.5) is 0 Å². The fourth-order valence-electron chi connectivity index (χ4n) is 2.65. The van der Waals surface area contributed by atoms with Crippen LogP contribution in [0.2, 0.25) is 5.02 Å². The van der Waals surface area contributed by atoms with Gasteiger partial charge in [0.25, 0.3) is 0 Å². The van der Waals surface area contributed by atoms with Crippen molar-refractivity contribution in [2.24, 2.45) is 5.92 Å². The zero-order chi connectivity index (χ0) is 13.5. The Kier molecular flexibility index (Phi) is 5.99. The third kappa shape index (κ3) is 5.04. The van der Waals surface area contributed by atoms with Gasteiger partial charge >= 0.3 is 0 Å². The minimum absolute atomic E-state index is 0.676. The van der Waals surface area contributed by atoms with Crippen molar-refractivity contribution in [3.8, 4) is 5.75 Å². The standard InChI is InChI=1S/C16H24ClNO/c1-13-7-8-15(17)16(11-13)19-10-9-18-12-14-5-3-2-4-6-14/h7-8,11,14,18H,2-6,9-10,12H2,1H3. The van der Waals surface area contributed by atoms with Gasteiger partial charge in [-0.3, -0.25) is 0 Å². The minimum atomic E-state index is 0.676. The Bertz CT molecular complexity index is 388. The summed E-state index contributed by atoms with van der Waals surface area (Å²) in [7, 11) is 0.